The first-order valence-electron chi connectivity index (χ1n) is 10.1. The molecule has 8 heteroatoms. The number of carbonyl (C=O) groups is 1. The van der Waals surface area contributed by atoms with Crippen molar-refractivity contribution in [3.05, 3.63) is 72.2 Å². The molecule has 0 aromatic heterocycles. The lowest BCUT2D eigenvalue weighted by Gasteiger charge is -2.41. The van der Waals surface area contributed by atoms with Gasteiger partial charge in [-0.15, -0.1) is 0 Å². The summed E-state index contributed by atoms with van der Waals surface area (Å²) in [4.78, 5) is 16.8. The molecule has 0 atom stereocenters. The molecule has 1 aliphatic rings. The Balaban J connectivity index is 2.19. The van der Waals surface area contributed by atoms with Gasteiger partial charge in [0.1, 0.15) is 11.3 Å². The Kier molecular flexibility index (Phi) is 8.26. The summed E-state index contributed by atoms with van der Waals surface area (Å²) >= 11 is 0. The van der Waals surface area contributed by atoms with E-state index in [-0.39, 0.29) is 22.7 Å². The molecule has 0 radical (unpaired) electrons. The van der Waals surface area contributed by atoms with Gasteiger partial charge >= 0.3 is 0 Å². The molecule has 0 spiro atoms. The molecule has 1 fully saturated rings. The number of nitrogens with two attached hydrogens (primary N) is 1. The van der Waals surface area contributed by atoms with E-state index in [1.165, 1.54) is 6.08 Å². The van der Waals surface area contributed by atoms with Crippen molar-refractivity contribution in [1.82, 2.24) is 16.0 Å². The predicted molar refractivity (Wildman–Crippen MR) is 122 cm³/mol. The number of carbonyl (C=O) groups excluding carboxylic acids is 1. The van der Waals surface area contributed by atoms with Crippen LogP contribution < -0.4 is 21.7 Å². The molecule has 1 aromatic carbocycles. The molecule has 0 unspecified atom stereocenters. The number of nitriles is 1. The van der Waals surface area contributed by atoms with Gasteiger partial charge in [-0.05, 0) is 37.3 Å². The maximum atomic E-state index is 12.7. The summed E-state index contributed by atoms with van der Waals surface area (Å²) in [6.07, 6.45) is 6.48. The highest BCUT2D eigenvalue weighted by Gasteiger charge is 2.37. The largest absolute Gasteiger partial charge is 0.508 e. The van der Waals surface area contributed by atoms with E-state index in [1.54, 1.807) is 7.05 Å². The number of allylic oxidation sites excluding steroid dienone is 1. The first kappa shape index (κ1) is 23.5. The lowest BCUT2D eigenvalue weighted by molar-refractivity contribution is -0.117. The van der Waals surface area contributed by atoms with Gasteiger partial charge in [0.2, 0.25) is 5.96 Å². The third-order valence-electron chi connectivity index (χ3n) is 5.68. The highest BCUT2D eigenvalue weighted by Crippen LogP contribution is 2.39. The minimum atomic E-state index is -0.487. The maximum absolute atomic E-state index is 12.7. The standard InChI is InChI=1S/C23H30N6O2/c1-4-19(25)20(16(2)30)21(31)27-14-23(17-8-6-5-7-9-17)12-10-18(11-13-23)29-22(26-3)28-15-24/h4-9,18,30H,1-2,10-14,25H2,3H3,(H,27,31)(H2,26,28,29)/b20-19-. The Morgan fingerprint density at radius 1 is 1.39 bits per heavy atom. The summed E-state index contributed by atoms with van der Waals surface area (Å²) in [5.41, 5.74) is 6.67. The third-order valence-corrected chi connectivity index (χ3v) is 5.68. The number of rotatable bonds is 7. The second-order valence-electron chi connectivity index (χ2n) is 7.54. The van der Waals surface area contributed by atoms with E-state index in [4.69, 9.17) is 11.0 Å². The van der Waals surface area contributed by atoms with Crippen LogP contribution in [0.1, 0.15) is 31.2 Å². The van der Waals surface area contributed by atoms with E-state index in [1.807, 2.05) is 24.4 Å². The minimum absolute atomic E-state index is 0.0695. The molecule has 0 heterocycles. The second kappa shape index (κ2) is 10.9. The lowest BCUT2D eigenvalue weighted by Crippen LogP contribution is -2.49. The number of nitrogens with zero attached hydrogens (tertiary/aromatic N) is 2. The number of guanidine groups is 1. The summed E-state index contributed by atoms with van der Waals surface area (Å²) in [7, 11) is 1.62. The Bertz CT molecular complexity index is 906. The van der Waals surface area contributed by atoms with Gasteiger partial charge in [-0.2, -0.15) is 5.26 Å². The number of aliphatic hydroxyl groups is 1. The number of aliphatic hydroxyl groups excluding tert-OH is 1. The average molecular weight is 423 g/mol. The molecular weight excluding hydrogens is 392 g/mol. The highest BCUT2D eigenvalue weighted by atomic mass is 16.3. The van der Waals surface area contributed by atoms with E-state index >= 15 is 0 Å². The van der Waals surface area contributed by atoms with Gasteiger partial charge in [-0.1, -0.05) is 43.5 Å². The number of aliphatic imine (C=N–C) groups is 1. The number of benzene rings is 1. The number of hydrogen-bond donors (Lipinski definition) is 5. The fraction of sp³-hybridized carbons (Fsp3) is 0.348. The average Bonchev–Trinajstić information content (AvgIpc) is 2.78. The van der Waals surface area contributed by atoms with E-state index in [2.05, 4.69) is 46.2 Å². The van der Waals surface area contributed by atoms with Crippen molar-refractivity contribution < 1.29 is 9.90 Å². The summed E-state index contributed by atoms with van der Waals surface area (Å²) in [6, 6.07) is 10.2. The maximum Gasteiger partial charge on any atom is 0.257 e. The van der Waals surface area contributed by atoms with Crippen LogP contribution in [0.25, 0.3) is 0 Å². The van der Waals surface area contributed by atoms with Gasteiger partial charge in [0, 0.05) is 30.7 Å². The molecule has 1 aliphatic carbocycles. The Morgan fingerprint density at radius 2 is 2.03 bits per heavy atom. The molecular formula is C23H30N6O2. The Labute approximate surface area is 183 Å². The molecule has 6 N–H and O–H groups in total. The van der Waals surface area contributed by atoms with Crippen molar-refractivity contribution in [3.8, 4) is 6.19 Å². The molecule has 31 heavy (non-hydrogen) atoms. The van der Waals surface area contributed by atoms with Crippen LogP contribution in [0.5, 0.6) is 0 Å². The van der Waals surface area contributed by atoms with Crippen molar-refractivity contribution in [2.24, 2.45) is 10.7 Å². The van der Waals surface area contributed by atoms with Crippen LogP contribution in [0.2, 0.25) is 0 Å². The smallest absolute Gasteiger partial charge is 0.257 e. The van der Waals surface area contributed by atoms with Crippen molar-refractivity contribution in [1.29, 1.82) is 5.26 Å². The molecule has 0 bridgehead atoms. The van der Waals surface area contributed by atoms with Gasteiger partial charge in [0.15, 0.2) is 6.19 Å². The number of amides is 1. The van der Waals surface area contributed by atoms with Crippen LogP contribution in [-0.4, -0.2) is 36.6 Å². The van der Waals surface area contributed by atoms with Crippen molar-refractivity contribution in [3.63, 3.8) is 0 Å². The third kappa shape index (κ3) is 5.89. The first-order chi connectivity index (χ1) is 14.9. The van der Waals surface area contributed by atoms with Crippen molar-refractivity contribution in [2.45, 2.75) is 37.1 Å². The van der Waals surface area contributed by atoms with E-state index < -0.39 is 11.7 Å². The Hall–Kier alpha value is -3.73. The summed E-state index contributed by atoms with van der Waals surface area (Å²) in [5, 5.41) is 27.4. The Morgan fingerprint density at radius 3 is 2.55 bits per heavy atom. The normalized spacial score (nSPS) is 21.8. The zero-order valence-electron chi connectivity index (χ0n) is 17.8. The zero-order valence-corrected chi connectivity index (χ0v) is 17.8. The highest BCUT2D eigenvalue weighted by molar-refractivity contribution is 5.98. The molecule has 1 saturated carbocycles. The van der Waals surface area contributed by atoms with Crippen LogP contribution in [0.3, 0.4) is 0 Å². The quantitative estimate of drug-likeness (QED) is 0.0868. The number of nitrogens with one attached hydrogen (secondary N) is 3. The summed E-state index contributed by atoms with van der Waals surface area (Å²) in [6.45, 7) is 7.37. The SMILES string of the molecule is C=C/C(N)=C(\C(=C)O)C(=O)NCC1(c2ccccc2)CCC(NC(=NC)NC#N)CC1. The van der Waals surface area contributed by atoms with Gasteiger partial charge < -0.3 is 21.5 Å². The minimum Gasteiger partial charge on any atom is -0.508 e. The van der Waals surface area contributed by atoms with Crippen LogP contribution in [0.15, 0.2) is 71.6 Å². The van der Waals surface area contributed by atoms with Gasteiger partial charge in [-0.3, -0.25) is 15.1 Å². The fourth-order valence-electron chi connectivity index (χ4n) is 3.95. The van der Waals surface area contributed by atoms with E-state index in [9.17, 15) is 9.90 Å². The van der Waals surface area contributed by atoms with Crippen molar-refractivity contribution >= 4 is 11.9 Å². The first-order valence-corrected chi connectivity index (χ1v) is 10.1. The molecule has 1 aromatic rings. The van der Waals surface area contributed by atoms with Gasteiger partial charge in [0.05, 0.1) is 0 Å². The molecule has 0 saturated heterocycles. The van der Waals surface area contributed by atoms with Crippen LogP contribution >= 0.6 is 0 Å². The van der Waals surface area contributed by atoms with E-state index in [0.29, 0.717) is 12.5 Å². The fourth-order valence-corrected chi connectivity index (χ4v) is 3.95. The van der Waals surface area contributed by atoms with E-state index in [0.717, 1.165) is 31.2 Å². The van der Waals surface area contributed by atoms with Crippen LogP contribution in [0, 0.1) is 11.5 Å². The summed E-state index contributed by atoms with van der Waals surface area (Å²) in [5.74, 6) is -0.434. The zero-order chi connectivity index (χ0) is 22.9. The number of hydrogen-bond acceptors (Lipinski definition) is 5. The van der Waals surface area contributed by atoms with Gasteiger partial charge in [0.25, 0.3) is 5.91 Å². The van der Waals surface area contributed by atoms with Gasteiger partial charge in [-0.25, -0.2) is 0 Å². The molecule has 0 aliphatic heterocycles. The van der Waals surface area contributed by atoms with Crippen LogP contribution in [0.4, 0.5) is 0 Å². The molecule has 8 nitrogen and oxygen atoms in total. The summed E-state index contributed by atoms with van der Waals surface area (Å²) < 4.78 is 0. The lowest BCUT2D eigenvalue weighted by atomic mass is 9.68. The molecule has 164 valence electrons. The molecule has 1 amide bonds. The molecule has 2 rings (SSSR count). The predicted octanol–water partition coefficient (Wildman–Crippen LogP) is 2.10. The second-order valence-corrected chi connectivity index (χ2v) is 7.54. The van der Waals surface area contributed by atoms with Crippen molar-refractivity contribution in [2.75, 3.05) is 13.6 Å². The topological polar surface area (TPSA) is 136 Å². The monoisotopic (exact) mass is 422 g/mol. The van der Waals surface area contributed by atoms with Crippen LogP contribution in [-0.2, 0) is 10.2 Å².